The molecular formula is C13H21N3O3. The first kappa shape index (κ1) is 13.8. The molecule has 1 atom stereocenters. The molecule has 2 fully saturated rings. The SMILES string of the molecule is NC(=O)[C@H]1CCCN1C(=O)CN1CCCCCC1=O. The van der Waals surface area contributed by atoms with Crippen LogP contribution in [0.2, 0.25) is 0 Å². The van der Waals surface area contributed by atoms with E-state index < -0.39 is 11.9 Å². The quantitative estimate of drug-likeness (QED) is 0.772. The van der Waals surface area contributed by atoms with Crippen molar-refractivity contribution < 1.29 is 14.4 Å². The maximum atomic E-state index is 12.2. The molecule has 0 unspecified atom stereocenters. The maximum absolute atomic E-state index is 12.2. The number of hydrogen-bond donors (Lipinski definition) is 1. The van der Waals surface area contributed by atoms with Crippen molar-refractivity contribution in [3.8, 4) is 0 Å². The zero-order valence-corrected chi connectivity index (χ0v) is 11.1. The van der Waals surface area contributed by atoms with E-state index in [2.05, 4.69) is 0 Å². The highest BCUT2D eigenvalue weighted by molar-refractivity contribution is 5.90. The number of nitrogens with two attached hydrogens (primary N) is 1. The molecule has 0 saturated carbocycles. The lowest BCUT2D eigenvalue weighted by molar-refractivity contribution is -0.142. The minimum Gasteiger partial charge on any atom is -0.368 e. The molecule has 0 spiro atoms. The first-order valence-electron chi connectivity index (χ1n) is 6.96. The van der Waals surface area contributed by atoms with E-state index in [9.17, 15) is 14.4 Å². The van der Waals surface area contributed by atoms with Crippen LogP contribution in [0.5, 0.6) is 0 Å². The average molecular weight is 267 g/mol. The van der Waals surface area contributed by atoms with E-state index in [1.54, 1.807) is 4.90 Å². The summed E-state index contributed by atoms with van der Waals surface area (Å²) in [6, 6.07) is -0.491. The summed E-state index contributed by atoms with van der Waals surface area (Å²) in [4.78, 5) is 38.5. The lowest BCUT2D eigenvalue weighted by atomic mass is 10.2. The second kappa shape index (κ2) is 6.04. The molecule has 2 rings (SSSR count). The van der Waals surface area contributed by atoms with Crippen LogP contribution >= 0.6 is 0 Å². The molecule has 0 aromatic carbocycles. The van der Waals surface area contributed by atoms with Gasteiger partial charge < -0.3 is 15.5 Å². The molecule has 2 saturated heterocycles. The van der Waals surface area contributed by atoms with Gasteiger partial charge in [0, 0.05) is 19.5 Å². The van der Waals surface area contributed by atoms with Gasteiger partial charge in [-0.1, -0.05) is 6.42 Å². The largest absolute Gasteiger partial charge is 0.368 e. The predicted octanol–water partition coefficient (Wildman–Crippen LogP) is -0.135. The fourth-order valence-corrected chi connectivity index (χ4v) is 2.82. The van der Waals surface area contributed by atoms with Crippen molar-refractivity contribution in [3.05, 3.63) is 0 Å². The van der Waals surface area contributed by atoms with Gasteiger partial charge in [0.15, 0.2) is 0 Å². The van der Waals surface area contributed by atoms with Gasteiger partial charge >= 0.3 is 0 Å². The van der Waals surface area contributed by atoms with Crippen molar-refractivity contribution in [1.82, 2.24) is 9.80 Å². The smallest absolute Gasteiger partial charge is 0.242 e. The number of carbonyl (C=O) groups is 3. The lowest BCUT2D eigenvalue weighted by Gasteiger charge is -2.26. The van der Waals surface area contributed by atoms with Gasteiger partial charge in [0.1, 0.15) is 6.04 Å². The Morgan fingerprint density at radius 1 is 1.16 bits per heavy atom. The van der Waals surface area contributed by atoms with E-state index in [1.807, 2.05) is 0 Å². The van der Waals surface area contributed by atoms with E-state index >= 15 is 0 Å². The summed E-state index contributed by atoms with van der Waals surface area (Å²) in [6.45, 7) is 1.29. The van der Waals surface area contributed by atoms with Gasteiger partial charge in [-0.05, 0) is 25.7 Å². The summed E-state index contributed by atoms with van der Waals surface area (Å²) in [5.74, 6) is -0.565. The number of nitrogens with zero attached hydrogens (tertiary/aromatic N) is 2. The predicted molar refractivity (Wildman–Crippen MR) is 69.0 cm³/mol. The van der Waals surface area contributed by atoms with E-state index in [0.717, 1.165) is 25.7 Å². The van der Waals surface area contributed by atoms with Crippen LogP contribution in [0.25, 0.3) is 0 Å². The third-order valence-electron chi connectivity index (χ3n) is 3.90. The number of likely N-dealkylation sites (tertiary alicyclic amines) is 2. The Morgan fingerprint density at radius 3 is 2.68 bits per heavy atom. The molecule has 6 nitrogen and oxygen atoms in total. The number of rotatable bonds is 3. The summed E-state index contributed by atoms with van der Waals surface area (Å²) < 4.78 is 0. The van der Waals surface area contributed by atoms with E-state index in [0.29, 0.717) is 25.9 Å². The van der Waals surface area contributed by atoms with Crippen LogP contribution in [-0.2, 0) is 14.4 Å². The first-order chi connectivity index (χ1) is 9.09. The van der Waals surface area contributed by atoms with Crippen LogP contribution < -0.4 is 5.73 Å². The van der Waals surface area contributed by atoms with Gasteiger partial charge in [-0.2, -0.15) is 0 Å². The Bertz CT molecular complexity index is 383. The highest BCUT2D eigenvalue weighted by Gasteiger charge is 2.33. The third-order valence-corrected chi connectivity index (χ3v) is 3.90. The number of carbonyl (C=O) groups excluding carboxylic acids is 3. The molecular weight excluding hydrogens is 246 g/mol. The van der Waals surface area contributed by atoms with Crippen LogP contribution in [0.3, 0.4) is 0 Å². The van der Waals surface area contributed by atoms with Crippen molar-refractivity contribution in [2.24, 2.45) is 5.73 Å². The van der Waals surface area contributed by atoms with E-state index in [1.165, 1.54) is 4.90 Å². The molecule has 106 valence electrons. The zero-order valence-electron chi connectivity index (χ0n) is 11.1. The highest BCUT2D eigenvalue weighted by atomic mass is 16.2. The molecule has 19 heavy (non-hydrogen) atoms. The number of hydrogen-bond acceptors (Lipinski definition) is 3. The van der Waals surface area contributed by atoms with Crippen LogP contribution in [-0.4, -0.2) is 53.2 Å². The average Bonchev–Trinajstić information content (AvgIpc) is 2.78. The fraction of sp³-hybridized carbons (Fsp3) is 0.769. The lowest BCUT2D eigenvalue weighted by Crippen LogP contribution is -2.48. The van der Waals surface area contributed by atoms with Crippen LogP contribution in [0.15, 0.2) is 0 Å². The monoisotopic (exact) mass is 267 g/mol. The summed E-state index contributed by atoms with van der Waals surface area (Å²) >= 11 is 0. The Balaban J connectivity index is 1.96. The summed E-state index contributed by atoms with van der Waals surface area (Å²) in [7, 11) is 0. The van der Waals surface area contributed by atoms with Crippen LogP contribution in [0, 0.1) is 0 Å². The Hall–Kier alpha value is -1.59. The minimum absolute atomic E-state index is 0.0423. The molecule has 3 amide bonds. The van der Waals surface area contributed by atoms with E-state index in [4.69, 9.17) is 5.73 Å². The topological polar surface area (TPSA) is 83.7 Å². The van der Waals surface area contributed by atoms with E-state index in [-0.39, 0.29) is 18.4 Å². The molecule has 0 bridgehead atoms. The van der Waals surface area contributed by atoms with Crippen molar-refractivity contribution in [3.63, 3.8) is 0 Å². The Morgan fingerprint density at radius 2 is 1.95 bits per heavy atom. The highest BCUT2D eigenvalue weighted by Crippen LogP contribution is 2.18. The molecule has 0 aromatic rings. The normalized spacial score (nSPS) is 24.4. The van der Waals surface area contributed by atoms with Gasteiger partial charge in [-0.3, -0.25) is 14.4 Å². The molecule has 2 aliphatic rings. The van der Waals surface area contributed by atoms with Gasteiger partial charge in [-0.15, -0.1) is 0 Å². The van der Waals surface area contributed by atoms with Crippen molar-refractivity contribution in [2.75, 3.05) is 19.6 Å². The van der Waals surface area contributed by atoms with Gasteiger partial charge in [0.2, 0.25) is 17.7 Å². The summed E-state index contributed by atoms with van der Waals surface area (Å²) in [5, 5.41) is 0. The number of primary amides is 1. The van der Waals surface area contributed by atoms with Crippen molar-refractivity contribution in [2.45, 2.75) is 44.6 Å². The first-order valence-corrected chi connectivity index (χ1v) is 6.96. The summed E-state index contributed by atoms with van der Waals surface area (Å²) in [5.41, 5.74) is 5.30. The molecule has 0 radical (unpaired) electrons. The second-order valence-corrected chi connectivity index (χ2v) is 5.27. The fourth-order valence-electron chi connectivity index (χ4n) is 2.82. The van der Waals surface area contributed by atoms with Crippen molar-refractivity contribution in [1.29, 1.82) is 0 Å². The van der Waals surface area contributed by atoms with Crippen LogP contribution in [0.1, 0.15) is 38.5 Å². The molecule has 2 heterocycles. The molecule has 0 aliphatic carbocycles. The molecule has 2 N–H and O–H groups in total. The second-order valence-electron chi connectivity index (χ2n) is 5.27. The minimum atomic E-state index is -0.491. The van der Waals surface area contributed by atoms with Gasteiger partial charge in [0.25, 0.3) is 0 Å². The van der Waals surface area contributed by atoms with Crippen LogP contribution in [0.4, 0.5) is 0 Å². The van der Waals surface area contributed by atoms with Gasteiger partial charge in [0.05, 0.1) is 6.54 Å². The molecule has 2 aliphatic heterocycles. The zero-order chi connectivity index (χ0) is 13.8. The third kappa shape index (κ3) is 3.24. The molecule has 0 aromatic heterocycles. The van der Waals surface area contributed by atoms with Crippen molar-refractivity contribution >= 4 is 17.7 Å². The molecule has 6 heteroatoms. The Kier molecular flexibility index (Phi) is 4.39. The summed E-state index contributed by atoms with van der Waals surface area (Å²) in [6.07, 6.45) is 4.83. The number of amides is 3. The Labute approximate surface area is 112 Å². The maximum Gasteiger partial charge on any atom is 0.242 e. The standard InChI is InChI=1S/C13H21N3O3/c14-13(19)10-5-4-8-16(10)12(18)9-15-7-3-1-2-6-11(15)17/h10H,1-9H2,(H2,14,19)/t10-/m1/s1. The van der Waals surface area contributed by atoms with Gasteiger partial charge in [-0.25, -0.2) is 0 Å².